The second-order valence-corrected chi connectivity index (χ2v) is 7.05. The van der Waals surface area contributed by atoms with E-state index in [2.05, 4.69) is 4.72 Å². The monoisotopic (exact) mass is 315 g/mol. The molecule has 1 unspecified atom stereocenters. The lowest BCUT2D eigenvalue weighted by molar-refractivity contribution is 0.0696. The Morgan fingerprint density at radius 1 is 1.33 bits per heavy atom. The van der Waals surface area contributed by atoms with E-state index in [9.17, 15) is 18.3 Å². The smallest absolute Gasteiger partial charge is 0.335 e. The lowest BCUT2D eigenvalue weighted by atomic mass is 10.1. The molecule has 1 atom stereocenters. The van der Waals surface area contributed by atoms with Crippen molar-refractivity contribution in [2.24, 2.45) is 5.92 Å². The number of sulfonamides is 1. The van der Waals surface area contributed by atoms with Crippen LogP contribution in [0.25, 0.3) is 0 Å². The van der Waals surface area contributed by atoms with Crippen molar-refractivity contribution in [1.82, 2.24) is 4.72 Å². The highest BCUT2D eigenvalue weighted by Gasteiger charge is 2.24. The summed E-state index contributed by atoms with van der Waals surface area (Å²) in [7, 11) is -3.88. The SMILES string of the molecule is Cc1c(C(=O)O)cccc1S(=O)(=O)NC(CO)CC(C)C. The average molecular weight is 315 g/mol. The maximum Gasteiger partial charge on any atom is 0.335 e. The topological polar surface area (TPSA) is 104 Å². The summed E-state index contributed by atoms with van der Waals surface area (Å²) in [4.78, 5) is 11.0. The van der Waals surface area contributed by atoms with E-state index in [0.29, 0.717) is 6.42 Å². The minimum Gasteiger partial charge on any atom is -0.478 e. The van der Waals surface area contributed by atoms with Crippen molar-refractivity contribution in [2.75, 3.05) is 6.61 Å². The molecule has 0 saturated carbocycles. The van der Waals surface area contributed by atoms with Crippen molar-refractivity contribution in [3.8, 4) is 0 Å². The number of carboxylic acids is 1. The predicted molar refractivity (Wildman–Crippen MR) is 78.8 cm³/mol. The Bertz CT molecular complexity index is 610. The van der Waals surface area contributed by atoms with Gasteiger partial charge in [0.2, 0.25) is 10.0 Å². The van der Waals surface area contributed by atoms with Gasteiger partial charge >= 0.3 is 5.97 Å². The summed E-state index contributed by atoms with van der Waals surface area (Å²) in [5.74, 6) is -0.957. The molecule has 0 amide bonds. The van der Waals surface area contributed by atoms with Crippen LogP contribution < -0.4 is 4.72 Å². The zero-order valence-electron chi connectivity index (χ0n) is 12.3. The van der Waals surface area contributed by atoms with Gasteiger partial charge in [0.15, 0.2) is 0 Å². The van der Waals surface area contributed by atoms with E-state index >= 15 is 0 Å². The second kappa shape index (κ2) is 7.02. The third-order valence-electron chi connectivity index (χ3n) is 3.10. The van der Waals surface area contributed by atoms with Gasteiger partial charge in [0.05, 0.1) is 17.1 Å². The average Bonchev–Trinajstić information content (AvgIpc) is 2.36. The molecule has 0 aliphatic carbocycles. The maximum absolute atomic E-state index is 12.4. The van der Waals surface area contributed by atoms with Gasteiger partial charge in [0.25, 0.3) is 0 Å². The number of hydrogen-bond acceptors (Lipinski definition) is 4. The molecule has 1 rings (SSSR count). The molecule has 0 fully saturated rings. The normalized spacial score (nSPS) is 13.4. The first kappa shape index (κ1) is 17.6. The lowest BCUT2D eigenvalue weighted by Crippen LogP contribution is -2.38. The van der Waals surface area contributed by atoms with Gasteiger partial charge in [-0.05, 0) is 37.0 Å². The fraction of sp³-hybridized carbons (Fsp3) is 0.500. The summed E-state index contributed by atoms with van der Waals surface area (Å²) in [6, 6.07) is 3.51. The molecule has 1 aromatic rings. The number of aliphatic hydroxyl groups excluding tert-OH is 1. The van der Waals surface area contributed by atoms with Crippen molar-refractivity contribution in [2.45, 2.75) is 38.1 Å². The molecule has 118 valence electrons. The summed E-state index contributed by atoms with van der Waals surface area (Å²) in [5.41, 5.74) is 0.126. The van der Waals surface area contributed by atoms with Gasteiger partial charge in [-0.2, -0.15) is 0 Å². The summed E-state index contributed by atoms with van der Waals surface area (Å²) in [5, 5.41) is 18.3. The predicted octanol–water partition coefficient (Wildman–Crippen LogP) is 1.38. The lowest BCUT2D eigenvalue weighted by Gasteiger charge is -2.19. The van der Waals surface area contributed by atoms with Crippen LogP contribution in [0.3, 0.4) is 0 Å². The molecule has 0 radical (unpaired) electrons. The van der Waals surface area contributed by atoms with E-state index < -0.39 is 22.0 Å². The Morgan fingerprint density at radius 3 is 2.43 bits per heavy atom. The van der Waals surface area contributed by atoms with Crippen LogP contribution in [0.4, 0.5) is 0 Å². The van der Waals surface area contributed by atoms with Crippen LogP contribution in [0.15, 0.2) is 23.1 Å². The summed E-state index contributed by atoms with van der Waals surface area (Å²) >= 11 is 0. The quantitative estimate of drug-likeness (QED) is 0.705. The number of carbonyl (C=O) groups is 1. The molecule has 3 N–H and O–H groups in total. The number of aliphatic hydroxyl groups is 1. The van der Waals surface area contributed by atoms with Crippen LogP contribution in [-0.4, -0.2) is 37.2 Å². The number of nitrogens with one attached hydrogen (secondary N) is 1. The zero-order chi connectivity index (χ0) is 16.2. The number of hydrogen-bond donors (Lipinski definition) is 3. The van der Waals surface area contributed by atoms with Crippen molar-refractivity contribution in [3.05, 3.63) is 29.3 Å². The molecule has 7 heteroatoms. The summed E-state index contributed by atoms with van der Waals surface area (Å²) in [6.45, 7) is 4.99. The molecular weight excluding hydrogens is 294 g/mol. The van der Waals surface area contributed by atoms with E-state index in [-0.39, 0.29) is 28.5 Å². The molecule has 6 nitrogen and oxygen atoms in total. The number of benzene rings is 1. The van der Waals surface area contributed by atoms with E-state index in [1.807, 2.05) is 13.8 Å². The van der Waals surface area contributed by atoms with Crippen molar-refractivity contribution >= 4 is 16.0 Å². The second-order valence-electron chi connectivity index (χ2n) is 5.36. The van der Waals surface area contributed by atoms with Crippen molar-refractivity contribution < 1.29 is 23.4 Å². The zero-order valence-corrected chi connectivity index (χ0v) is 13.1. The van der Waals surface area contributed by atoms with Crippen LogP contribution in [-0.2, 0) is 10.0 Å². The van der Waals surface area contributed by atoms with Gasteiger partial charge in [-0.25, -0.2) is 17.9 Å². The van der Waals surface area contributed by atoms with Gasteiger partial charge in [-0.3, -0.25) is 0 Å². The van der Waals surface area contributed by atoms with Gasteiger partial charge in [0.1, 0.15) is 0 Å². The van der Waals surface area contributed by atoms with Crippen LogP contribution in [0.5, 0.6) is 0 Å². The van der Waals surface area contributed by atoms with E-state index in [0.717, 1.165) is 0 Å². The van der Waals surface area contributed by atoms with Crippen molar-refractivity contribution in [3.63, 3.8) is 0 Å². The van der Waals surface area contributed by atoms with Gasteiger partial charge in [-0.1, -0.05) is 19.9 Å². The first-order valence-corrected chi connectivity index (χ1v) is 8.13. The van der Waals surface area contributed by atoms with E-state index in [1.54, 1.807) is 0 Å². The van der Waals surface area contributed by atoms with Crippen LogP contribution >= 0.6 is 0 Å². The molecule has 21 heavy (non-hydrogen) atoms. The molecule has 1 aromatic carbocycles. The molecule has 0 saturated heterocycles. The van der Waals surface area contributed by atoms with Crippen LogP contribution in [0.2, 0.25) is 0 Å². The number of carboxylic acid groups (broad SMARTS) is 1. The number of aromatic carboxylic acids is 1. The molecule has 0 bridgehead atoms. The Balaban J connectivity index is 3.14. The molecule has 0 heterocycles. The Hall–Kier alpha value is -1.44. The minimum absolute atomic E-state index is 0.0534. The van der Waals surface area contributed by atoms with Crippen LogP contribution in [0, 0.1) is 12.8 Å². The van der Waals surface area contributed by atoms with E-state index in [4.69, 9.17) is 5.11 Å². The highest BCUT2D eigenvalue weighted by molar-refractivity contribution is 7.89. The standard InChI is InChI=1S/C14H21NO5S/c1-9(2)7-11(8-16)15-21(19,20)13-6-4-5-12(10(13)3)14(17)18/h4-6,9,11,15-16H,7-8H2,1-3H3,(H,17,18). The van der Waals surface area contributed by atoms with Gasteiger partial charge in [0, 0.05) is 6.04 Å². The third-order valence-corrected chi connectivity index (χ3v) is 4.77. The summed E-state index contributed by atoms with van der Waals surface area (Å²) in [6.07, 6.45) is 0.493. The summed E-state index contributed by atoms with van der Waals surface area (Å²) < 4.78 is 27.2. The molecule has 0 aliphatic heterocycles. The Morgan fingerprint density at radius 2 is 1.95 bits per heavy atom. The minimum atomic E-state index is -3.88. The van der Waals surface area contributed by atoms with Gasteiger partial charge < -0.3 is 10.2 Å². The third kappa shape index (κ3) is 4.52. The molecule has 0 spiro atoms. The maximum atomic E-state index is 12.4. The molecule has 0 aliphatic rings. The first-order chi connectivity index (χ1) is 9.69. The first-order valence-electron chi connectivity index (χ1n) is 6.65. The van der Waals surface area contributed by atoms with Crippen molar-refractivity contribution in [1.29, 1.82) is 0 Å². The fourth-order valence-electron chi connectivity index (χ4n) is 2.15. The Kier molecular flexibility index (Phi) is 5.88. The highest BCUT2D eigenvalue weighted by atomic mass is 32.2. The highest BCUT2D eigenvalue weighted by Crippen LogP contribution is 2.20. The molecular formula is C14H21NO5S. The fourth-order valence-corrected chi connectivity index (χ4v) is 3.66. The Labute approximate surface area is 124 Å². The van der Waals surface area contributed by atoms with Gasteiger partial charge in [-0.15, -0.1) is 0 Å². The molecule has 0 aromatic heterocycles. The largest absolute Gasteiger partial charge is 0.478 e. The van der Waals surface area contributed by atoms with E-state index in [1.165, 1.54) is 25.1 Å². The number of rotatable bonds is 7. The van der Waals surface area contributed by atoms with Crippen LogP contribution in [0.1, 0.15) is 36.2 Å².